The molecular formula is C25H24N6O2S. The summed E-state index contributed by atoms with van der Waals surface area (Å²) >= 11 is 1.52. The Bertz CT molecular complexity index is 1460. The summed E-state index contributed by atoms with van der Waals surface area (Å²) in [7, 11) is 0. The van der Waals surface area contributed by atoms with Crippen molar-refractivity contribution in [3.63, 3.8) is 0 Å². The highest BCUT2D eigenvalue weighted by Crippen LogP contribution is 2.34. The maximum atomic E-state index is 13.1. The number of hydrogen-bond acceptors (Lipinski definition) is 6. The first-order chi connectivity index (χ1) is 16.7. The van der Waals surface area contributed by atoms with Gasteiger partial charge in [-0.1, -0.05) is 12.1 Å². The Hall–Kier alpha value is -3.53. The van der Waals surface area contributed by atoms with Crippen molar-refractivity contribution in [2.45, 2.75) is 13.0 Å². The van der Waals surface area contributed by atoms with E-state index in [9.17, 15) is 4.79 Å². The second-order valence-electron chi connectivity index (χ2n) is 8.42. The lowest BCUT2D eigenvalue weighted by atomic mass is 9.99. The predicted octanol–water partition coefficient (Wildman–Crippen LogP) is 4.64. The molecule has 5 aromatic rings. The highest BCUT2D eigenvalue weighted by molar-refractivity contribution is 7.09. The van der Waals surface area contributed by atoms with Crippen LogP contribution in [0.3, 0.4) is 0 Å². The molecule has 9 heteroatoms. The van der Waals surface area contributed by atoms with Crippen LogP contribution < -0.4 is 5.32 Å². The fourth-order valence-corrected chi connectivity index (χ4v) is 5.28. The molecular weight excluding hydrogens is 448 g/mol. The molecule has 0 saturated carbocycles. The quantitative estimate of drug-likeness (QED) is 0.346. The molecule has 0 bridgehead atoms. The van der Waals surface area contributed by atoms with E-state index in [1.807, 2.05) is 23.7 Å². The largest absolute Gasteiger partial charge is 0.380 e. The van der Waals surface area contributed by atoms with Gasteiger partial charge in [-0.25, -0.2) is 4.98 Å². The Morgan fingerprint density at radius 1 is 1.15 bits per heavy atom. The highest BCUT2D eigenvalue weighted by atomic mass is 32.1. The maximum Gasteiger partial charge on any atom is 0.275 e. The number of ether oxygens (including phenoxy) is 1. The molecule has 3 N–H and O–H groups in total. The molecule has 6 rings (SSSR count). The van der Waals surface area contributed by atoms with Gasteiger partial charge in [0.25, 0.3) is 5.91 Å². The molecule has 8 nitrogen and oxygen atoms in total. The van der Waals surface area contributed by atoms with Gasteiger partial charge >= 0.3 is 0 Å². The van der Waals surface area contributed by atoms with E-state index in [4.69, 9.17) is 4.74 Å². The van der Waals surface area contributed by atoms with E-state index in [0.29, 0.717) is 11.4 Å². The Kier molecular flexibility index (Phi) is 5.58. The lowest BCUT2D eigenvalue weighted by Crippen LogP contribution is -2.25. The predicted molar refractivity (Wildman–Crippen MR) is 134 cm³/mol. The van der Waals surface area contributed by atoms with Gasteiger partial charge in [0.15, 0.2) is 0 Å². The fraction of sp³-hybridized carbons (Fsp3) is 0.240. The van der Waals surface area contributed by atoms with E-state index < -0.39 is 0 Å². The summed E-state index contributed by atoms with van der Waals surface area (Å²) in [6.45, 7) is 4.17. The van der Waals surface area contributed by atoms with Crippen LogP contribution in [0.5, 0.6) is 0 Å². The van der Waals surface area contributed by atoms with Gasteiger partial charge in [0.1, 0.15) is 10.7 Å². The second kappa shape index (κ2) is 9.02. The third-order valence-electron chi connectivity index (χ3n) is 6.17. The number of aromatic nitrogens is 4. The lowest BCUT2D eigenvalue weighted by molar-refractivity contribution is 0.102. The molecule has 1 fully saturated rings. The zero-order valence-corrected chi connectivity index (χ0v) is 19.3. The Morgan fingerprint density at radius 3 is 3.09 bits per heavy atom. The van der Waals surface area contributed by atoms with Gasteiger partial charge in [0, 0.05) is 47.6 Å². The summed E-state index contributed by atoms with van der Waals surface area (Å²) < 4.78 is 5.53. The van der Waals surface area contributed by atoms with Gasteiger partial charge in [-0.2, -0.15) is 5.10 Å². The van der Waals surface area contributed by atoms with Crippen LogP contribution in [-0.4, -0.2) is 57.3 Å². The summed E-state index contributed by atoms with van der Waals surface area (Å²) in [5.74, 6) is -0.221. The number of nitrogens with zero attached hydrogens (tertiary/aromatic N) is 3. The molecule has 0 aliphatic carbocycles. The first-order valence-electron chi connectivity index (χ1n) is 11.3. The normalized spacial score (nSPS) is 15.1. The number of fused-ring (bicyclic) bond motifs is 2. The second-order valence-corrected chi connectivity index (χ2v) is 9.36. The van der Waals surface area contributed by atoms with E-state index in [-0.39, 0.29) is 5.91 Å². The third kappa shape index (κ3) is 4.09. The molecule has 34 heavy (non-hydrogen) atoms. The maximum absolute atomic E-state index is 13.1. The van der Waals surface area contributed by atoms with Crippen LogP contribution in [-0.2, 0) is 11.3 Å². The standard InChI is InChI=1S/C25H24N6O2S/c32-25(23-15-34-24(28-23)14-31-7-2-9-33-10-8-31)29-21-11-16(12-22-19(21)13-27-30-22)17-3-1-4-20-18(17)5-6-26-20/h1,3-6,11-13,15,26H,2,7-10,14H2,(H,27,30)(H,29,32). The number of carbonyl (C=O) groups is 1. The average Bonchev–Trinajstić information content (AvgIpc) is 3.58. The van der Waals surface area contributed by atoms with E-state index in [1.165, 1.54) is 11.3 Å². The summed E-state index contributed by atoms with van der Waals surface area (Å²) in [5, 5.41) is 15.1. The number of anilines is 1. The Morgan fingerprint density at radius 2 is 2.12 bits per heavy atom. The number of H-pyrrole nitrogens is 2. The van der Waals surface area contributed by atoms with E-state index in [2.05, 4.69) is 54.6 Å². The monoisotopic (exact) mass is 472 g/mol. The van der Waals surface area contributed by atoms with Crippen LogP contribution in [0.2, 0.25) is 0 Å². The van der Waals surface area contributed by atoms with Crippen LogP contribution in [0, 0.1) is 0 Å². The average molecular weight is 473 g/mol. The van der Waals surface area contributed by atoms with Crippen molar-refractivity contribution in [1.82, 2.24) is 25.1 Å². The van der Waals surface area contributed by atoms with Crippen molar-refractivity contribution in [1.29, 1.82) is 0 Å². The smallest absolute Gasteiger partial charge is 0.275 e. The molecule has 2 aromatic carbocycles. The molecule has 0 atom stereocenters. The van der Waals surface area contributed by atoms with Gasteiger partial charge in [0.05, 0.1) is 30.6 Å². The van der Waals surface area contributed by atoms with Gasteiger partial charge in [-0.15, -0.1) is 11.3 Å². The van der Waals surface area contributed by atoms with E-state index in [0.717, 1.165) is 77.2 Å². The Labute approximate surface area is 200 Å². The van der Waals surface area contributed by atoms with Gasteiger partial charge in [-0.3, -0.25) is 14.8 Å². The van der Waals surface area contributed by atoms with Crippen LogP contribution in [0.25, 0.3) is 32.9 Å². The first-order valence-corrected chi connectivity index (χ1v) is 12.2. The number of rotatable bonds is 5. The number of thiazole rings is 1. The van der Waals surface area contributed by atoms with Crippen molar-refractivity contribution >= 4 is 44.7 Å². The van der Waals surface area contributed by atoms with Crippen LogP contribution in [0.4, 0.5) is 5.69 Å². The molecule has 1 aliphatic rings. The number of carbonyl (C=O) groups excluding carboxylic acids is 1. The Balaban J connectivity index is 1.27. The van der Waals surface area contributed by atoms with E-state index >= 15 is 0 Å². The molecule has 4 heterocycles. The molecule has 3 aromatic heterocycles. The number of aromatic amines is 2. The van der Waals surface area contributed by atoms with Crippen molar-refractivity contribution in [2.24, 2.45) is 0 Å². The summed E-state index contributed by atoms with van der Waals surface area (Å²) in [6.07, 6.45) is 4.69. The number of hydrogen-bond donors (Lipinski definition) is 3. The van der Waals surface area contributed by atoms with Crippen LogP contribution in [0.15, 0.2) is 54.2 Å². The summed E-state index contributed by atoms with van der Waals surface area (Å²) in [6, 6.07) is 12.3. The molecule has 1 amide bonds. The summed E-state index contributed by atoms with van der Waals surface area (Å²) in [4.78, 5) is 23.3. The topological polar surface area (TPSA) is 98.9 Å². The minimum Gasteiger partial charge on any atom is -0.380 e. The van der Waals surface area contributed by atoms with Gasteiger partial charge in [-0.05, 0) is 41.8 Å². The number of benzene rings is 2. The molecule has 1 aliphatic heterocycles. The minimum absolute atomic E-state index is 0.221. The van der Waals surface area contributed by atoms with Crippen molar-refractivity contribution in [3.05, 3.63) is 64.9 Å². The zero-order valence-electron chi connectivity index (χ0n) is 18.5. The summed E-state index contributed by atoms with van der Waals surface area (Å²) in [5.41, 5.74) is 5.16. The number of amides is 1. The van der Waals surface area contributed by atoms with Gasteiger partial charge < -0.3 is 15.0 Å². The molecule has 0 spiro atoms. The number of nitrogens with one attached hydrogen (secondary N) is 3. The molecule has 1 saturated heterocycles. The zero-order chi connectivity index (χ0) is 22.9. The van der Waals surface area contributed by atoms with Gasteiger partial charge in [0.2, 0.25) is 0 Å². The van der Waals surface area contributed by atoms with Crippen molar-refractivity contribution in [3.8, 4) is 11.1 Å². The molecule has 172 valence electrons. The van der Waals surface area contributed by atoms with Crippen LogP contribution >= 0.6 is 11.3 Å². The van der Waals surface area contributed by atoms with Crippen LogP contribution in [0.1, 0.15) is 21.9 Å². The first kappa shape index (κ1) is 21.0. The minimum atomic E-state index is -0.221. The fourth-order valence-electron chi connectivity index (χ4n) is 4.47. The van der Waals surface area contributed by atoms with Crippen molar-refractivity contribution < 1.29 is 9.53 Å². The SMILES string of the molecule is O=C(Nc1cc(-c2cccc3[nH]ccc23)cc2[nH]ncc12)c1csc(CN2CCCOCC2)n1. The third-order valence-corrected chi connectivity index (χ3v) is 7.00. The lowest BCUT2D eigenvalue weighted by Gasteiger charge is -2.16. The molecule has 0 unspecified atom stereocenters. The highest BCUT2D eigenvalue weighted by Gasteiger charge is 2.17. The molecule has 0 radical (unpaired) electrons. The van der Waals surface area contributed by atoms with E-state index in [1.54, 1.807) is 6.20 Å². The van der Waals surface area contributed by atoms with Crippen molar-refractivity contribution in [2.75, 3.05) is 31.6 Å².